The zero-order valence-electron chi connectivity index (χ0n) is 9.03. The summed E-state index contributed by atoms with van der Waals surface area (Å²) in [7, 11) is 1.66. The molecule has 1 saturated heterocycles. The number of methoxy groups -OCH3 is 1. The molecule has 0 aromatic heterocycles. The predicted octanol–water partition coefficient (Wildman–Crippen LogP) is 1.83. The molecule has 1 heterocycles. The largest absolute Gasteiger partial charge is 0.497 e. The quantitative estimate of drug-likeness (QED) is 0.817. The third kappa shape index (κ3) is 2.86. The highest BCUT2D eigenvalue weighted by atomic mass is 16.5. The number of rotatable bonds is 4. The Bertz CT molecular complexity index is 308. The zero-order chi connectivity index (χ0) is 10.5. The fourth-order valence-corrected chi connectivity index (χ4v) is 1.79. The van der Waals surface area contributed by atoms with Gasteiger partial charge in [-0.3, -0.25) is 0 Å². The molecule has 0 spiro atoms. The van der Waals surface area contributed by atoms with Gasteiger partial charge in [-0.25, -0.2) is 0 Å². The van der Waals surface area contributed by atoms with E-state index in [9.17, 15) is 0 Å². The van der Waals surface area contributed by atoms with Crippen LogP contribution in [0, 0.1) is 0 Å². The summed E-state index contributed by atoms with van der Waals surface area (Å²) < 4.78 is 10.8. The van der Waals surface area contributed by atoms with E-state index in [1.54, 1.807) is 7.11 Å². The summed E-state index contributed by atoms with van der Waals surface area (Å²) in [4.78, 5) is 0. The molecule has 1 aliphatic heterocycles. The summed E-state index contributed by atoms with van der Waals surface area (Å²) in [5.74, 6) is 1.72. The minimum atomic E-state index is 0.510. The summed E-state index contributed by atoms with van der Waals surface area (Å²) >= 11 is 0. The van der Waals surface area contributed by atoms with Crippen molar-refractivity contribution in [2.75, 3.05) is 20.3 Å². The van der Waals surface area contributed by atoms with E-state index in [0.29, 0.717) is 6.04 Å². The molecule has 1 aromatic carbocycles. The minimum Gasteiger partial charge on any atom is -0.497 e. The van der Waals surface area contributed by atoms with Gasteiger partial charge in [0.05, 0.1) is 7.11 Å². The van der Waals surface area contributed by atoms with E-state index < -0.39 is 0 Å². The average molecular weight is 207 g/mol. The van der Waals surface area contributed by atoms with Crippen molar-refractivity contribution in [2.45, 2.75) is 18.9 Å². The molecule has 1 N–H and O–H groups in total. The molecular formula is C12H17NO2. The van der Waals surface area contributed by atoms with Gasteiger partial charge in [0.15, 0.2) is 0 Å². The Morgan fingerprint density at radius 1 is 1.40 bits per heavy atom. The van der Waals surface area contributed by atoms with Crippen LogP contribution in [0.4, 0.5) is 0 Å². The second kappa shape index (κ2) is 5.03. The molecule has 2 rings (SSSR count). The van der Waals surface area contributed by atoms with E-state index in [1.165, 1.54) is 12.8 Å². The Morgan fingerprint density at radius 3 is 3.00 bits per heavy atom. The Morgan fingerprint density at radius 2 is 2.27 bits per heavy atom. The van der Waals surface area contributed by atoms with Crippen LogP contribution in [0.15, 0.2) is 24.3 Å². The normalized spacial score (nSPS) is 20.2. The number of hydrogen-bond acceptors (Lipinski definition) is 3. The Hall–Kier alpha value is -1.22. The summed E-state index contributed by atoms with van der Waals surface area (Å²) in [5.41, 5.74) is 0. The third-order valence-corrected chi connectivity index (χ3v) is 2.65. The van der Waals surface area contributed by atoms with Gasteiger partial charge >= 0.3 is 0 Å². The molecule has 0 aliphatic carbocycles. The molecule has 0 radical (unpaired) electrons. The molecule has 3 nitrogen and oxygen atoms in total. The highest BCUT2D eigenvalue weighted by molar-refractivity contribution is 5.32. The van der Waals surface area contributed by atoms with Crippen molar-refractivity contribution in [2.24, 2.45) is 0 Å². The SMILES string of the molecule is COc1cccc(OC[C@H]2CCCN2)c1. The molecule has 0 saturated carbocycles. The first-order valence-electron chi connectivity index (χ1n) is 5.39. The highest BCUT2D eigenvalue weighted by Crippen LogP contribution is 2.19. The van der Waals surface area contributed by atoms with Gasteiger partial charge in [-0.05, 0) is 31.5 Å². The number of ether oxygens (including phenoxy) is 2. The molecule has 3 heteroatoms. The van der Waals surface area contributed by atoms with Crippen LogP contribution in [-0.4, -0.2) is 26.3 Å². The van der Waals surface area contributed by atoms with Crippen molar-refractivity contribution in [3.05, 3.63) is 24.3 Å². The van der Waals surface area contributed by atoms with E-state index in [-0.39, 0.29) is 0 Å². The first-order chi connectivity index (χ1) is 7.38. The van der Waals surface area contributed by atoms with Gasteiger partial charge in [-0.15, -0.1) is 0 Å². The van der Waals surface area contributed by atoms with E-state index in [2.05, 4.69) is 5.32 Å². The summed E-state index contributed by atoms with van der Waals surface area (Å²) in [5, 5.41) is 3.40. The second-order valence-corrected chi connectivity index (χ2v) is 3.78. The Labute approximate surface area is 90.4 Å². The van der Waals surface area contributed by atoms with Gasteiger partial charge in [0.2, 0.25) is 0 Å². The molecule has 82 valence electrons. The van der Waals surface area contributed by atoms with Crippen molar-refractivity contribution < 1.29 is 9.47 Å². The molecule has 0 amide bonds. The van der Waals surface area contributed by atoms with Crippen LogP contribution in [0.1, 0.15) is 12.8 Å². The topological polar surface area (TPSA) is 30.5 Å². The van der Waals surface area contributed by atoms with E-state index in [1.807, 2.05) is 24.3 Å². The Kier molecular flexibility index (Phi) is 3.45. The molecule has 1 aromatic rings. The lowest BCUT2D eigenvalue weighted by molar-refractivity contribution is 0.275. The first-order valence-corrected chi connectivity index (χ1v) is 5.39. The van der Waals surface area contributed by atoms with Gasteiger partial charge in [0, 0.05) is 12.1 Å². The maximum Gasteiger partial charge on any atom is 0.123 e. The molecule has 1 atom stereocenters. The highest BCUT2D eigenvalue weighted by Gasteiger charge is 2.14. The summed E-state index contributed by atoms with van der Waals surface area (Å²) in [6.45, 7) is 1.86. The average Bonchev–Trinajstić information content (AvgIpc) is 2.79. The van der Waals surface area contributed by atoms with Crippen LogP contribution in [-0.2, 0) is 0 Å². The molecule has 1 fully saturated rings. The molecule has 1 aliphatic rings. The maximum absolute atomic E-state index is 5.69. The third-order valence-electron chi connectivity index (χ3n) is 2.65. The van der Waals surface area contributed by atoms with Crippen molar-refractivity contribution >= 4 is 0 Å². The van der Waals surface area contributed by atoms with Gasteiger partial charge in [0.1, 0.15) is 18.1 Å². The minimum absolute atomic E-state index is 0.510. The van der Waals surface area contributed by atoms with Crippen LogP contribution in [0.3, 0.4) is 0 Å². The van der Waals surface area contributed by atoms with Gasteiger partial charge in [-0.1, -0.05) is 6.07 Å². The second-order valence-electron chi connectivity index (χ2n) is 3.78. The van der Waals surface area contributed by atoms with Crippen LogP contribution >= 0.6 is 0 Å². The zero-order valence-corrected chi connectivity index (χ0v) is 9.03. The van der Waals surface area contributed by atoms with Crippen LogP contribution in [0.25, 0.3) is 0 Å². The Balaban J connectivity index is 1.86. The van der Waals surface area contributed by atoms with Crippen LogP contribution < -0.4 is 14.8 Å². The van der Waals surface area contributed by atoms with Crippen molar-refractivity contribution in [1.29, 1.82) is 0 Å². The molecule has 15 heavy (non-hydrogen) atoms. The van der Waals surface area contributed by atoms with Gasteiger partial charge in [0.25, 0.3) is 0 Å². The standard InChI is InChI=1S/C12H17NO2/c1-14-11-5-2-6-12(8-11)15-9-10-4-3-7-13-10/h2,5-6,8,10,13H,3-4,7,9H2,1H3/t10-/m1/s1. The van der Waals surface area contributed by atoms with Gasteiger partial charge in [-0.2, -0.15) is 0 Å². The van der Waals surface area contributed by atoms with Gasteiger partial charge < -0.3 is 14.8 Å². The lowest BCUT2D eigenvalue weighted by atomic mass is 10.2. The lowest BCUT2D eigenvalue weighted by Crippen LogP contribution is -2.28. The summed E-state index contributed by atoms with van der Waals surface area (Å²) in [6, 6.07) is 8.24. The van der Waals surface area contributed by atoms with E-state index in [4.69, 9.17) is 9.47 Å². The fraction of sp³-hybridized carbons (Fsp3) is 0.500. The monoisotopic (exact) mass is 207 g/mol. The number of hydrogen-bond donors (Lipinski definition) is 1. The number of benzene rings is 1. The summed E-state index contributed by atoms with van der Waals surface area (Å²) in [6.07, 6.45) is 2.47. The fourth-order valence-electron chi connectivity index (χ4n) is 1.79. The first kappa shape index (κ1) is 10.3. The lowest BCUT2D eigenvalue weighted by Gasteiger charge is -2.12. The van der Waals surface area contributed by atoms with Crippen molar-refractivity contribution in [3.63, 3.8) is 0 Å². The van der Waals surface area contributed by atoms with Crippen molar-refractivity contribution in [3.8, 4) is 11.5 Å². The molecule has 0 bridgehead atoms. The number of nitrogens with one attached hydrogen (secondary N) is 1. The predicted molar refractivity (Wildman–Crippen MR) is 59.5 cm³/mol. The van der Waals surface area contributed by atoms with Crippen LogP contribution in [0.5, 0.6) is 11.5 Å². The molecular weight excluding hydrogens is 190 g/mol. The molecule has 0 unspecified atom stereocenters. The smallest absolute Gasteiger partial charge is 0.123 e. The van der Waals surface area contributed by atoms with E-state index >= 15 is 0 Å². The van der Waals surface area contributed by atoms with Crippen LogP contribution in [0.2, 0.25) is 0 Å². The maximum atomic E-state index is 5.69. The van der Waals surface area contributed by atoms with E-state index in [0.717, 1.165) is 24.7 Å². The van der Waals surface area contributed by atoms with Crippen molar-refractivity contribution in [1.82, 2.24) is 5.32 Å².